The van der Waals surface area contributed by atoms with Gasteiger partial charge in [0.1, 0.15) is 5.78 Å². The van der Waals surface area contributed by atoms with E-state index in [1.807, 2.05) is 25.1 Å². The van der Waals surface area contributed by atoms with E-state index in [-0.39, 0.29) is 5.78 Å². The number of carbonyl (C=O) groups excluding carboxylic acids is 1. The van der Waals surface area contributed by atoms with Crippen molar-refractivity contribution in [3.63, 3.8) is 0 Å². The number of anilines is 1. The number of aryl methyl sites for hydroxylation is 1. The van der Waals surface area contributed by atoms with E-state index in [1.54, 1.807) is 31.2 Å². The molecule has 0 atom stereocenters. The molecule has 0 unspecified atom stereocenters. The Labute approximate surface area is 145 Å². The second-order valence-electron chi connectivity index (χ2n) is 5.35. The lowest BCUT2D eigenvalue weighted by atomic mass is 10.1. The molecule has 2 aromatic carbocycles. The van der Waals surface area contributed by atoms with Gasteiger partial charge in [0.2, 0.25) is 0 Å². The Morgan fingerprint density at radius 1 is 1.09 bits per heavy atom. The maximum absolute atomic E-state index is 11.1. The topological polar surface area (TPSA) is 58.9 Å². The smallest absolute Gasteiger partial charge is 0.135 e. The standard InChI is InChI=1S/C12H12ClNO.C6H6ClN/c1-7(15)5-12-8(2)10-6-9(13)3-4-11(10)14-12;7-5-1-3-6(8)4-2-5/h3-4,6,14H,5H2,1-2H3;1-4H,8H2. The Hall–Kier alpha value is -1.97. The SMILES string of the molecule is CC(=O)Cc1[nH]c2ccc(Cl)cc2c1C.Nc1ccc(Cl)cc1. The van der Waals surface area contributed by atoms with E-state index in [4.69, 9.17) is 28.9 Å². The van der Waals surface area contributed by atoms with E-state index in [9.17, 15) is 4.79 Å². The quantitative estimate of drug-likeness (QED) is 0.626. The third-order valence-electron chi connectivity index (χ3n) is 3.42. The number of carbonyl (C=O) groups is 1. The fraction of sp³-hybridized carbons (Fsp3) is 0.167. The number of nitrogen functional groups attached to an aromatic ring is 1. The number of nitrogens with two attached hydrogens (primary N) is 1. The molecule has 0 saturated heterocycles. The van der Waals surface area contributed by atoms with Crippen molar-refractivity contribution >= 4 is 45.6 Å². The van der Waals surface area contributed by atoms with E-state index in [1.165, 1.54) is 0 Å². The maximum Gasteiger partial charge on any atom is 0.135 e. The van der Waals surface area contributed by atoms with E-state index in [0.29, 0.717) is 6.42 Å². The molecule has 0 aliphatic heterocycles. The normalized spacial score (nSPS) is 10.3. The van der Waals surface area contributed by atoms with Gasteiger partial charge in [-0.2, -0.15) is 0 Å². The van der Waals surface area contributed by atoms with Gasteiger partial charge in [-0.1, -0.05) is 23.2 Å². The highest BCUT2D eigenvalue weighted by Gasteiger charge is 2.09. The minimum atomic E-state index is 0.163. The minimum Gasteiger partial charge on any atom is -0.399 e. The summed E-state index contributed by atoms with van der Waals surface area (Å²) >= 11 is 11.5. The number of hydrogen-bond donors (Lipinski definition) is 2. The number of rotatable bonds is 2. The Kier molecular flexibility index (Phi) is 5.69. The van der Waals surface area contributed by atoms with E-state index in [0.717, 1.165) is 37.9 Å². The molecule has 3 nitrogen and oxygen atoms in total. The highest BCUT2D eigenvalue weighted by molar-refractivity contribution is 6.31. The van der Waals surface area contributed by atoms with Crippen LogP contribution in [0.2, 0.25) is 10.0 Å². The highest BCUT2D eigenvalue weighted by Crippen LogP contribution is 2.25. The number of fused-ring (bicyclic) bond motifs is 1. The number of aromatic nitrogens is 1. The zero-order valence-electron chi connectivity index (χ0n) is 13.0. The first-order valence-corrected chi connectivity index (χ1v) is 7.89. The summed E-state index contributed by atoms with van der Waals surface area (Å²) in [4.78, 5) is 14.3. The lowest BCUT2D eigenvalue weighted by Gasteiger charge is -1.95. The van der Waals surface area contributed by atoms with Crippen LogP contribution in [0.25, 0.3) is 10.9 Å². The van der Waals surface area contributed by atoms with Crippen molar-refractivity contribution in [3.05, 3.63) is 63.8 Å². The lowest BCUT2D eigenvalue weighted by molar-refractivity contribution is -0.116. The molecular formula is C18H18Cl2N2O. The van der Waals surface area contributed by atoms with Crippen LogP contribution < -0.4 is 5.73 Å². The number of Topliss-reactive ketones (excluding diaryl/α,β-unsaturated/α-hetero) is 1. The van der Waals surface area contributed by atoms with Gasteiger partial charge in [-0.05, 0) is 61.9 Å². The molecule has 3 rings (SSSR count). The van der Waals surface area contributed by atoms with Crippen LogP contribution in [0.4, 0.5) is 5.69 Å². The molecule has 0 fully saturated rings. The zero-order chi connectivity index (χ0) is 17.0. The van der Waals surface area contributed by atoms with Gasteiger partial charge >= 0.3 is 0 Å². The second kappa shape index (κ2) is 7.53. The van der Waals surface area contributed by atoms with Crippen molar-refractivity contribution in [2.45, 2.75) is 20.3 Å². The average molecular weight is 349 g/mol. The summed E-state index contributed by atoms with van der Waals surface area (Å²) in [5, 5.41) is 2.54. The monoisotopic (exact) mass is 348 g/mol. The number of H-pyrrole nitrogens is 1. The molecule has 1 heterocycles. The van der Waals surface area contributed by atoms with Crippen LogP contribution in [-0.2, 0) is 11.2 Å². The Balaban J connectivity index is 0.000000203. The van der Waals surface area contributed by atoms with Crippen LogP contribution in [0.5, 0.6) is 0 Å². The first-order valence-electron chi connectivity index (χ1n) is 7.14. The summed E-state index contributed by atoms with van der Waals surface area (Å²) in [5.41, 5.74) is 9.25. The van der Waals surface area contributed by atoms with Gasteiger partial charge in [0.25, 0.3) is 0 Å². The molecule has 120 valence electrons. The van der Waals surface area contributed by atoms with Gasteiger partial charge in [-0.25, -0.2) is 0 Å². The number of aromatic amines is 1. The van der Waals surface area contributed by atoms with Crippen molar-refractivity contribution in [1.29, 1.82) is 0 Å². The fourth-order valence-electron chi connectivity index (χ4n) is 2.24. The minimum absolute atomic E-state index is 0.163. The first kappa shape index (κ1) is 17.4. The van der Waals surface area contributed by atoms with Crippen molar-refractivity contribution in [3.8, 4) is 0 Å². The number of hydrogen-bond acceptors (Lipinski definition) is 2. The highest BCUT2D eigenvalue weighted by atomic mass is 35.5. The van der Waals surface area contributed by atoms with Crippen molar-refractivity contribution in [2.75, 3.05) is 5.73 Å². The van der Waals surface area contributed by atoms with Crippen LogP contribution in [0.3, 0.4) is 0 Å². The summed E-state index contributed by atoms with van der Waals surface area (Å²) in [7, 11) is 0. The van der Waals surface area contributed by atoms with Crippen molar-refractivity contribution in [2.24, 2.45) is 0 Å². The fourth-order valence-corrected chi connectivity index (χ4v) is 2.54. The molecule has 0 radical (unpaired) electrons. The van der Waals surface area contributed by atoms with E-state index in [2.05, 4.69) is 4.98 Å². The summed E-state index contributed by atoms with van der Waals surface area (Å²) < 4.78 is 0. The van der Waals surface area contributed by atoms with E-state index >= 15 is 0 Å². The molecule has 0 saturated carbocycles. The number of halogens is 2. The molecule has 23 heavy (non-hydrogen) atoms. The van der Waals surface area contributed by atoms with Crippen molar-refractivity contribution in [1.82, 2.24) is 4.98 Å². The molecule has 0 bridgehead atoms. The number of benzene rings is 2. The molecule has 3 aromatic rings. The van der Waals surface area contributed by atoms with Crippen molar-refractivity contribution < 1.29 is 4.79 Å². The van der Waals surface area contributed by atoms with Gasteiger partial charge in [0, 0.05) is 38.8 Å². The maximum atomic E-state index is 11.1. The van der Waals surface area contributed by atoms with Gasteiger partial charge in [-0.15, -0.1) is 0 Å². The summed E-state index contributed by atoms with van der Waals surface area (Å²) in [6, 6.07) is 12.8. The van der Waals surface area contributed by atoms with E-state index < -0.39 is 0 Å². The van der Waals surface area contributed by atoms with Crippen LogP contribution >= 0.6 is 23.2 Å². The van der Waals surface area contributed by atoms with Gasteiger partial charge in [-0.3, -0.25) is 4.79 Å². The second-order valence-corrected chi connectivity index (χ2v) is 6.22. The molecule has 5 heteroatoms. The van der Waals surface area contributed by atoms with Crippen LogP contribution in [0.1, 0.15) is 18.2 Å². The Morgan fingerprint density at radius 2 is 1.70 bits per heavy atom. The molecule has 3 N–H and O–H groups in total. The average Bonchev–Trinajstić information content (AvgIpc) is 2.79. The Morgan fingerprint density at radius 3 is 2.26 bits per heavy atom. The molecule has 0 aliphatic carbocycles. The summed E-state index contributed by atoms with van der Waals surface area (Å²) in [5.74, 6) is 0.163. The molecule has 1 aromatic heterocycles. The molecule has 0 aliphatic rings. The first-order chi connectivity index (χ1) is 10.9. The molecular weight excluding hydrogens is 331 g/mol. The van der Waals surface area contributed by atoms with Crippen LogP contribution in [0, 0.1) is 6.92 Å². The van der Waals surface area contributed by atoms with Gasteiger partial charge in [0.05, 0.1) is 0 Å². The summed E-state index contributed by atoms with van der Waals surface area (Å²) in [6.45, 7) is 3.60. The Bertz CT molecular complexity index is 802. The third kappa shape index (κ3) is 4.75. The zero-order valence-corrected chi connectivity index (χ0v) is 14.5. The lowest BCUT2D eigenvalue weighted by Crippen LogP contribution is -1.97. The molecule has 0 spiro atoms. The largest absolute Gasteiger partial charge is 0.399 e. The van der Waals surface area contributed by atoms with Gasteiger partial charge < -0.3 is 10.7 Å². The van der Waals surface area contributed by atoms with Crippen LogP contribution in [0.15, 0.2) is 42.5 Å². The van der Waals surface area contributed by atoms with Crippen LogP contribution in [-0.4, -0.2) is 10.8 Å². The third-order valence-corrected chi connectivity index (χ3v) is 3.91. The van der Waals surface area contributed by atoms with Gasteiger partial charge in [0.15, 0.2) is 0 Å². The molecule has 0 amide bonds. The predicted octanol–water partition coefficient (Wildman–Crippen LogP) is 5.18. The summed E-state index contributed by atoms with van der Waals surface area (Å²) in [6.07, 6.45) is 0.456. The number of ketones is 1. The predicted molar refractivity (Wildman–Crippen MR) is 98.3 cm³/mol. The number of nitrogens with one attached hydrogen (secondary N) is 1.